The summed E-state index contributed by atoms with van der Waals surface area (Å²) in [5, 5.41) is 6.32. The fourth-order valence-electron chi connectivity index (χ4n) is 2.49. The van der Waals surface area contributed by atoms with Crippen molar-refractivity contribution < 1.29 is 18.8 Å². The first-order valence-electron chi connectivity index (χ1n) is 6.95. The Morgan fingerprint density at radius 2 is 2.09 bits per heavy atom. The largest absolute Gasteiger partial charge is 0.445 e. The average molecular weight is 300 g/mol. The molecule has 0 bridgehead atoms. The van der Waals surface area contributed by atoms with Gasteiger partial charge < -0.3 is 14.6 Å². The van der Waals surface area contributed by atoms with Gasteiger partial charge in [0.1, 0.15) is 5.76 Å². The number of carbonyl (C=O) groups is 2. The molecule has 0 unspecified atom stereocenters. The van der Waals surface area contributed by atoms with Gasteiger partial charge in [-0.3, -0.25) is 4.79 Å². The summed E-state index contributed by atoms with van der Waals surface area (Å²) in [7, 11) is 0. The van der Waals surface area contributed by atoms with Crippen LogP contribution in [0.5, 0.6) is 0 Å². The van der Waals surface area contributed by atoms with E-state index in [1.165, 1.54) is 0 Å². The number of cyclic esters (lactones) is 1. The van der Waals surface area contributed by atoms with Gasteiger partial charge in [-0.15, -0.1) is 0 Å². The van der Waals surface area contributed by atoms with Crippen molar-refractivity contribution in [1.29, 1.82) is 0 Å². The number of aryl methyl sites for hydroxylation is 2. The molecule has 0 radical (unpaired) electrons. The van der Waals surface area contributed by atoms with E-state index >= 15 is 0 Å². The van der Waals surface area contributed by atoms with Crippen LogP contribution in [0.3, 0.4) is 0 Å². The number of anilines is 1. The highest BCUT2D eigenvalue weighted by Crippen LogP contribution is 2.29. The molecule has 2 heterocycles. The van der Waals surface area contributed by atoms with Crippen LogP contribution in [0.1, 0.15) is 34.2 Å². The Morgan fingerprint density at radius 3 is 2.77 bits per heavy atom. The molecule has 0 saturated heterocycles. The number of hydrogen-bond acceptors (Lipinski definition) is 5. The third-order valence-corrected chi connectivity index (χ3v) is 3.68. The van der Waals surface area contributed by atoms with E-state index in [-0.39, 0.29) is 0 Å². The van der Waals surface area contributed by atoms with Crippen LogP contribution >= 0.6 is 0 Å². The van der Waals surface area contributed by atoms with E-state index in [0.717, 1.165) is 11.1 Å². The summed E-state index contributed by atoms with van der Waals surface area (Å²) in [4.78, 5) is 24.6. The Hall–Kier alpha value is -2.63. The number of nitrogens with one attached hydrogen (secondary N) is 1. The predicted octanol–water partition coefficient (Wildman–Crippen LogP) is 2.40. The van der Waals surface area contributed by atoms with E-state index in [2.05, 4.69) is 10.5 Å². The van der Waals surface area contributed by atoms with Crippen molar-refractivity contribution in [1.82, 2.24) is 5.16 Å². The first-order chi connectivity index (χ1) is 10.4. The fraction of sp³-hybridized carbons (Fsp3) is 0.312. The number of amides is 1. The molecule has 1 aromatic heterocycles. The lowest BCUT2D eigenvalue weighted by Crippen LogP contribution is -2.49. The van der Waals surface area contributed by atoms with Gasteiger partial charge in [0.25, 0.3) is 5.91 Å². The molecule has 2 aromatic rings. The molecule has 22 heavy (non-hydrogen) atoms. The number of rotatable bonds is 2. The van der Waals surface area contributed by atoms with E-state index in [1.807, 2.05) is 19.1 Å². The Bertz CT molecular complexity index is 765. The summed E-state index contributed by atoms with van der Waals surface area (Å²) < 4.78 is 10.3. The van der Waals surface area contributed by atoms with E-state index in [9.17, 15) is 9.59 Å². The lowest BCUT2D eigenvalue weighted by Gasteiger charge is -2.32. The molecular weight excluding hydrogens is 284 g/mol. The summed E-state index contributed by atoms with van der Waals surface area (Å²) >= 11 is 0. The molecule has 3 rings (SSSR count). The molecule has 1 N–H and O–H groups in total. The molecule has 6 heteroatoms. The summed E-state index contributed by atoms with van der Waals surface area (Å²) in [6.07, 6.45) is 0.316. The minimum Gasteiger partial charge on any atom is -0.445 e. The number of nitrogens with zero attached hydrogens (tertiary/aromatic N) is 1. The van der Waals surface area contributed by atoms with Crippen molar-refractivity contribution in [2.75, 3.05) is 5.32 Å². The number of hydrogen-bond donors (Lipinski definition) is 1. The minimum absolute atomic E-state index is 0.300. The van der Waals surface area contributed by atoms with E-state index < -0.39 is 17.5 Å². The molecule has 1 atom stereocenters. The maximum atomic E-state index is 12.5. The zero-order valence-corrected chi connectivity index (χ0v) is 12.6. The lowest BCUT2D eigenvalue weighted by atomic mass is 9.88. The van der Waals surface area contributed by atoms with Crippen molar-refractivity contribution in [3.05, 3.63) is 46.7 Å². The van der Waals surface area contributed by atoms with Crippen LogP contribution in [0.4, 0.5) is 5.82 Å². The SMILES string of the molecule is Cc1ccc2c(c1)C(=O)O[C@@](C)(C(=O)Nc1cc(C)on1)C2. The van der Waals surface area contributed by atoms with Crippen molar-refractivity contribution in [2.45, 2.75) is 32.8 Å². The maximum absolute atomic E-state index is 12.5. The standard InChI is InChI=1S/C16H16N2O4/c1-9-4-5-11-8-16(3,21-14(19)12(11)6-9)15(20)17-13-7-10(2)22-18-13/h4-7H,8H2,1-3H3,(H,17,18,20)/t16-/m1/s1. The fourth-order valence-corrected chi connectivity index (χ4v) is 2.49. The second-order valence-electron chi connectivity index (χ2n) is 5.73. The van der Waals surface area contributed by atoms with E-state index in [4.69, 9.17) is 9.26 Å². The van der Waals surface area contributed by atoms with Crippen molar-refractivity contribution >= 4 is 17.7 Å². The molecular formula is C16H16N2O4. The van der Waals surface area contributed by atoms with Gasteiger partial charge in [0.15, 0.2) is 11.4 Å². The Labute approximate surface area is 127 Å². The molecule has 0 saturated carbocycles. The zero-order chi connectivity index (χ0) is 15.9. The van der Waals surface area contributed by atoms with Crippen LogP contribution in [0, 0.1) is 13.8 Å². The third-order valence-electron chi connectivity index (χ3n) is 3.68. The smallest absolute Gasteiger partial charge is 0.339 e. The maximum Gasteiger partial charge on any atom is 0.339 e. The van der Waals surface area contributed by atoms with Crippen molar-refractivity contribution in [2.24, 2.45) is 0 Å². The highest BCUT2D eigenvalue weighted by Gasteiger charge is 2.43. The monoisotopic (exact) mass is 300 g/mol. The normalized spacial score (nSPS) is 20.2. The van der Waals surface area contributed by atoms with Gasteiger partial charge >= 0.3 is 5.97 Å². The molecule has 0 aliphatic carbocycles. The van der Waals surface area contributed by atoms with Gasteiger partial charge in [-0.1, -0.05) is 22.9 Å². The number of ether oxygens (including phenoxy) is 1. The molecule has 114 valence electrons. The molecule has 0 spiro atoms. The van der Waals surface area contributed by atoms with Crippen LogP contribution in [0.25, 0.3) is 0 Å². The Kier molecular flexibility index (Phi) is 3.24. The Morgan fingerprint density at radius 1 is 1.32 bits per heavy atom. The summed E-state index contributed by atoms with van der Waals surface area (Å²) in [6.45, 7) is 5.22. The summed E-state index contributed by atoms with van der Waals surface area (Å²) in [6, 6.07) is 7.15. The van der Waals surface area contributed by atoms with Crippen LogP contribution in [-0.2, 0) is 16.0 Å². The van der Waals surface area contributed by atoms with Gasteiger partial charge in [0, 0.05) is 12.5 Å². The second-order valence-corrected chi connectivity index (χ2v) is 5.73. The first kappa shape index (κ1) is 14.3. The highest BCUT2D eigenvalue weighted by molar-refractivity contribution is 6.02. The quantitative estimate of drug-likeness (QED) is 0.861. The topological polar surface area (TPSA) is 81.4 Å². The van der Waals surface area contributed by atoms with Gasteiger partial charge in [0.05, 0.1) is 5.56 Å². The van der Waals surface area contributed by atoms with Crippen LogP contribution in [0.15, 0.2) is 28.8 Å². The Balaban J connectivity index is 1.86. The number of carbonyl (C=O) groups excluding carboxylic acids is 2. The van der Waals surface area contributed by atoms with Gasteiger partial charge in [-0.25, -0.2) is 4.79 Å². The highest BCUT2D eigenvalue weighted by atomic mass is 16.6. The molecule has 6 nitrogen and oxygen atoms in total. The molecule has 1 amide bonds. The molecule has 1 aliphatic heterocycles. The summed E-state index contributed by atoms with van der Waals surface area (Å²) in [5.74, 6) is -0.0318. The van der Waals surface area contributed by atoms with E-state index in [0.29, 0.717) is 23.6 Å². The van der Waals surface area contributed by atoms with Gasteiger partial charge in [-0.05, 0) is 32.4 Å². The van der Waals surface area contributed by atoms with Gasteiger partial charge in [-0.2, -0.15) is 0 Å². The second kappa shape index (κ2) is 4.98. The number of benzene rings is 1. The first-order valence-corrected chi connectivity index (χ1v) is 6.95. The predicted molar refractivity (Wildman–Crippen MR) is 78.6 cm³/mol. The van der Waals surface area contributed by atoms with Crippen LogP contribution < -0.4 is 5.32 Å². The van der Waals surface area contributed by atoms with E-state index in [1.54, 1.807) is 26.0 Å². The molecule has 1 aliphatic rings. The average Bonchev–Trinajstić information content (AvgIpc) is 2.85. The van der Waals surface area contributed by atoms with Crippen LogP contribution in [0.2, 0.25) is 0 Å². The number of aromatic nitrogens is 1. The number of fused-ring (bicyclic) bond motifs is 1. The minimum atomic E-state index is -1.27. The third kappa shape index (κ3) is 2.47. The van der Waals surface area contributed by atoms with Gasteiger partial charge in [0.2, 0.25) is 0 Å². The lowest BCUT2D eigenvalue weighted by molar-refractivity contribution is -0.134. The summed E-state index contributed by atoms with van der Waals surface area (Å²) in [5.41, 5.74) is 1.02. The van der Waals surface area contributed by atoms with Crippen molar-refractivity contribution in [3.63, 3.8) is 0 Å². The molecule has 0 fully saturated rings. The van der Waals surface area contributed by atoms with Crippen LogP contribution in [-0.4, -0.2) is 22.6 Å². The zero-order valence-electron chi connectivity index (χ0n) is 12.6. The molecule has 1 aromatic carbocycles. The number of esters is 1. The van der Waals surface area contributed by atoms with Crippen molar-refractivity contribution in [3.8, 4) is 0 Å².